The molecule has 0 aliphatic carbocycles. The molecule has 0 fully saturated rings. The van der Waals surface area contributed by atoms with Crippen LogP contribution >= 0.6 is 0 Å². The Morgan fingerprint density at radius 2 is 1.62 bits per heavy atom. The SMILES string of the molecule is CCCCCC(CCCCCCC=O)COOCc1ccccc1. The molecule has 0 aliphatic rings. The number of benzene rings is 1. The molecule has 0 radical (unpaired) electrons. The molecule has 1 aromatic rings. The van der Waals surface area contributed by atoms with Crippen LogP contribution in [0, 0.1) is 5.92 Å². The fourth-order valence-electron chi connectivity index (χ4n) is 2.84. The van der Waals surface area contributed by atoms with E-state index in [1.807, 2.05) is 30.3 Å². The van der Waals surface area contributed by atoms with Crippen LogP contribution in [0.3, 0.4) is 0 Å². The number of rotatable bonds is 16. The molecular formula is C21H34O3. The van der Waals surface area contributed by atoms with Crippen molar-refractivity contribution in [3.63, 3.8) is 0 Å². The zero-order valence-electron chi connectivity index (χ0n) is 15.3. The van der Waals surface area contributed by atoms with Gasteiger partial charge in [0.2, 0.25) is 0 Å². The van der Waals surface area contributed by atoms with Gasteiger partial charge in [0.1, 0.15) is 12.9 Å². The lowest BCUT2D eigenvalue weighted by molar-refractivity contribution is -0.311. The number of unbranched alkanes of at least 4 members (excludes halogenated alkanes) is 6. The van der Waals surface area contributed by atoms with Crippen LogP contribution in [0.5, 0.6) is 0 Å². The van der Waals surface area contributed by atoms with Crippen LogP contribution in [0.4, 0.5) is 0 Å². The summed E-state index contributed by atoms with van der Waals surface area (Å²) >= 11 is 0. The van der Waals surface area contributed by atoms with Crippen LogP contribution in [-0.4, -0.2) is 12.9 Å². The molecule has 0 heterocycles. The van der Waals surface area contributed by atoms with Crippen molar-refractivity contribution in [2.45, 2.75) is 77.7 Å². The molecule has 1 rings (SSSR count). The van der Waals surface area contributed by atoms with Gasteiger partial charge < -0.3 is 4.79 Å². The van der Waals surface area contributed by atoms with Gasteiger partial charge >= 0.3 is 0 Å². The van der Waals surface area contributed by atoms with E-state index in [4.69, 9.17) is 9.78 Å². The van der Waals surface area contributed by atoms with Gasteiger partial charge in [-0.1, -0.05) is 75.8 Å². The van der Waals surface area contributed by atoms with Crippen molar-refractivity contribution in [3.05, 3.63) is 35.9 Å². The highest BCUT2D eigenvalue weighted by Gasteiger charge is 2.09. The van der Waals surface area contributed by atoms with Crippen LogP contribution in [-0.2, 0) is 21.2 Å². The molecular weight excluding hydrogens is 300 g/mol. The van der Waals surface area contributed by atoms with E-state index in [9.17, 15) is 4.79 Å². The van der Waals surface area contributed by atoms with Gasteiger partial charge in [0, 0.05) is 6.42 Å². The highest BCUT2D eigenvalue weighted by Crippen LogP contribution is 2.19. The Labute approximate surface area is 147 Å². The summed E-state index contributed by atoms with van der Waals surface area (Å²) < 4.78 is 0. The fourth-order valence-corrected chi connectivity index (χ4v) is 2.84. The minimum Gasteiger partial charge on any atom is -0.303 e. The number of carbonyl (C=O) groups is 1. The highest BCUT2D eigenvalue weighted by molar-refractivity contribution is 5.48. The van der Waals surface area contributed by atoms with E-state index in [1.165, 1.54) is 44.9 Å². The van der Waals surface area contributed by atoms with Crippen LogP contribution in [0.15, 0.2) is 30.3 Å². The standard InChI is InChI=1S/C21H34O3/c1-2-3-8-13-20(14-9-5-4-6-12-17-22)18-23-24-19-21-15-10-7-11-16-21/h7,10-11,15-17,20H,2-6,8-9,12-14,18-19H2,1H3. The van der Waals surface area contributed by atoms with E-state index >= 15 is 0 Å². The molecule has 0 saturated heterocycles. The maximum atomic E-state index is 10.3. The quantitative estimate of drug-likeness (QED) is 0.164. The smallest absolute Gasteiger partial charge is 0.119 e. The lowest BCUT2D eigenvalue weighted by Crippen LogP contribution is -2.11. The second-order valence-corrected chi connectivity index (χ2v) is 6.55. The zero-order chi connectivity index (χ0) is 17.3. The third-order valence-corrected chi connectivity index (χ3v) is 4.36. The van der Waals surface area contributed by atoms with Crippen LogP contribution in [0.2, 0.25) is 0 Å². The van der Waals surface area contributed by atoms with Crippen molar-refractivity contribution >= 4 is 6.29 Å². The van der Waals surface area contributed by atoms with Crippen molar-refractivity contribution in [1.82, 2.24) is 0 Å². The fraction of sp³-hybridized carbons (Fsp3) is 0.667. The molecule has 1 atom stereocenters. The lowest BCUT2D eigenvalue weighted by Gasteiger charge is -2.16. The third-order valence-electron chi connectivity index (χ3n) is 4.36. The van der Waals surface area contributed by atoms with Gasteiger partial charge in [0.25, 0.3) is 0 Å². The first-order chi connectivity index (χ1) is 11.9. The molecule has 0 amide bonds. The van der Waals surface area contributed by atoms with E-state index in [1.54, 1.807) is 0 Å². The molecule has 0 bridgehead atoms. The number of carbonyl (C=O) groups excluding carboxylic acids is 1. The van der Waals surface area contributed by atoms with Gasteiger partial charge in [-0.3, -0.25) is 0 Å². The van der Waals surface area contributed by atoms with Gasteiger partial charge in [-0.2, -0.15) is 0 Å². The van der Waals surface area contributed by atoms with Crippen LogP contribution < -0.4 is 0 Å². The van der Waals surface area contributed by atoms with Gasteiger partial charge in [0.05, 0.1) is 6.61 Å². The number of aldehydes is 1. The Morgan fingerprint density at radius 3 is 2.33 bits per heavy atom. The Hall–Kier alpha value is -1.19. The first-order valence-corrected chi connectivity index (χ1v) is 9.58. The molecule has 1 unspecified atom stereocenters. The molecule has 24 heavy (non-hydrogen) atoms. The van der Waals surface area contributed by atoms with Crippen molar-refractivity contribution in [3.8, 4) is 0 Å². The van der Waals surface area contributed by atoms with E-state index in [0.29, 0.717) is 25.6 Å². The molecule has 3 heteroatoms. The van der Waals surface area contributed by atoms with Crippen molar-refractivity contribution in [2.75, 3.05) is 6.61 Å². The van der Waals surface area contributed by atoms with E-state index in [2.05, 4.69) is 6.92 Å². The Bertz CT molecular complexity index is 391. The maximum absolute atomic E-state index is 10.3. The Morgan fingerprint density at radius 1 is 0.917 bits per heavy atom. The molecule has 1 aromatic carbocycles. The van der Waals surface area contributed by atoms with E-state index in [-0.39, 0.29) is 0 Å². The summed E-state index contributed by atoms with van der Waals surface area (Å²) in [6, 6.07) is 10.1. The summed E-state index contributed by atoms with van der Waals surface area (Å²) in [7, 11) is 0. The Kier molecular flexibility index (Phi) is 13.3. The van der Waals surface area contributed by atoms with Gasteiger partial charge in [-0.15, -0.1) is 0 Å². The first kappa shape index (κ1) is 20.9. The molecule has 0 spiro atoms. The average molecular weight is 334 g/mol. The molecule has 0 N–H and O–H groups in total. The zero-order valence-corrected chi connectivity index (χ0v) is 15.3. The molecule has 0 aromatic heterocycles. The van der Waals surface area contributed by atoms with Crippen molar-refractivity contribution in [1.29, 1.82) is 0 Å². The minimum atomic E-state index is 0.508. The highest BCUT2D eigenvalue weighted by atomic mass is 17.2. The van der Waals surface area contributed by atoms with Crippen molar-refractivity contribution in [2.24, 2.45) is 5.92 Å². The summed E-state index contributed by atoms with van der Waals surface area (Å²) in [5.41, 5.74) is 1.13. The molecule has 0 saturated carbocycles. The number of hydrogen-bond acceptors (Lipinski definition) is 3. The third kappa shape index (κ3) is 11.4. The summed E-state index contributed by atoms with van der Waals surface area (Å²) in [6.45, 7) is 3.43. The topological polar surface area (TPSA) is 35.5 Å². The van der Waals surface area contributed by atoms with Gasteiger partial charge in [0.15, 0.2) is 0 Å². The molecule has 3 nitrogen and oxygen atoms in total. The molecule has 0 aliphatic heterocycles. The van der Waals surface area contributed by atoms with Crippen LogP contribution in [0.25, 0.3) is 0 Å². The number of hydrogen-bond donors (Lipinski definition) is 0. The summed E-state index contributed by atoms with van der Waals surface area (Å²) in [4.78, 5) is 21.2. The Balaban J connectivity index is 2.16. The predicted molar refractivity (Wildman–Crippen MR) is 98.6 cm³/mol. The molecule has 136 valence electrons. The average Bonchev–Trinajstić information content (AvgIpc) is 2.62. The largest absolute Gasteiger partial charge is 0.303 e. The minimum absolute atomic E-state index is 0.508. The summed E-state index contributed by atoms with van der Waals surface area (Å²) in [5.74, 6) is 0.582. The van der Waals surface area contributed by atoms with Crippen molar-refractivity contribution < 1.29 is 14.6 Å². The lowest BCUT2D eigenvalue weighted by atomic mass is 9.95. The second kappa shape index (κ2) is 15.3. The first-order valence-electron chi connectivity index (χ1n) is 9.58. The predicted octanol–water partition coefficient (Wildman–Crippen LogP) is 5.87. The summed E-state index contributed by atoms with van der Waals surface area (Å²) in [5, 5.41) is 0. The maximum Gasteiger partial charge on any atom is 0.119 e. The monoisotopic (exact) mass is 334 g/mol. The normalized spacial score (nSPS) is 12.2. The summed E-state index contributed by atoms with van der Waals surface area (Å²) in [6.07, 6.45) is 12.6. The van der Waals surface area contributed by atoms with E-state index < -0.39 is 0 Å². The second-order valence-electron chi connectivity index (χ2n) is 6.55. The van der Waals surface area contributed by atoms with Gasteiger partial charge in [-0.25, -0.2) is 9.78 Å². The van der Waals surface area contributed by atoms with Gasteiger partial charge in [-0.05, 0) is 30.7 Å². The van der Waals surface area contributed by atoms with E-state index in [0.717, 1.165) is 24.7 Å². The van der Waals surface area contributed by atoms with Crippen LogP contribution in [0.1, 0.15) is 76.7 Å².